The van der Waals surface area contributed by atoms with Crippen molar-refractivity contribution >= 4 is 15.9 Å². The third-order valence-electron chi connectivity index (χ3n) is 3.73. The number of nitrogens with zero attached hydrogens (tertiary/aromatic N) is 3. The molecular weight excluding hydrogens is 286 g/mol. The first kappa shape index (κ1) is 13.0. The summed E-state index contributed by atoms with van der Waals surface area (Å²) in [5.74, 6) is 0.621. The average Bonchev–Trinajstić information content (AvgIpc) is 2.62. The second-order valence-corrected chi connectivity index (χ2v) is 5.83. The van der Waals surface area contributed by atoms with Gasteiger partial charge in [0, 0.05) is 7.05 Å². The van der Waals surface area contributed by atoms with Crippen molar-refractivity contribution in [3.05, 3.63) is 10.3 Å². The Hall–Kier alpha value is -0.460. The van der Waals surface area contributed by atoms with Crippen LogP contribution >= 0.6 is 15.9 Å². The second-order valence-electron chi connectivity index (χ2n) is 5.08. The fraction of sp³-hybridized carbons (Fsp3) is 0.818. The molecule has 5 nitrogen and oxygen atoms in total. The van der Waals surface area contributed by atoms with E-state index in [-0.39, 0.29) is 0 Å². The molecule has 17 heavy (non-hydrogen) atoms. The molecule has 1 aliphatic carbocycles. The molecule has 0 aromatic carbocycles. The van der Waals surface area contributed by atoms with Gasteiger partial charge in [-0.05, 0) is 47.5 Å². The molecule has 1 aliphatic rings. The predicted octanol–water partition coefficient (Wildman–Crippen LogP) is 1.55. The Morgan fingerprint density at radius 2 is 2.06 bits per heavy atom. The lowest BCUT2D eigenvalue weighted by Gasteiger charge is -2.38. The maximum Gasteiger partial charge on any atom is 0.154 e. The number of halogens is 1. The van der Waals surface area contributed by atoms with Crippen LogP contribution in [0.4, 0.5) is 0 Å². The fourth-order valence-corrected chi connectivity index (χ4v) is 2.96. The van der Waals surface area contributed by atoms with Gasteiger partial charge in [0.2, 0.25) is 0 Å². The predicted molar refractivity (Wildman–Crippen MR) is 66.2 cm³/mol. The highest BCUT2D eigenvalue weighted by Crippen LogP contribution is 2.41. The molecular formula is C11H18BrN3O2. The van der Waals surface area contributed by atoms with Crippen molar-refractivity contribution in [3.63, 3.8) is 0 Å². The molecule has 2 rings (SSSR count). The molecule has 0 bridgehead atoms. The van der Waals surface area contributed by atoms with E-state index in [9.17, 15) is 10.2 Å². The quantitative estimate of drug-likeness (QED) is 0.869. The van der Waals surface area contributed by atoms with Gasteiger partial charge in [0.05, 0.1) is 5.60 Å². The monoisotopic (exact) mass is 303 g/mol. The maximum atomic E-state index is 10.5. The Morgan fingerprint density at radius 1 is 1.47 bits per heavy atom. The van der Waals surface area contributed by atoms with E-state index in [1.165, 1.54) is 4.68 Å². The highest BCUT2D eigenvalue weighted by atomic mass is 79.9. The molecule has 1 atom stereocenters. The molecule has 1 fully saturated rings. The Bertz CT molecular complexity index is 380. The molecule has 2 N–H and O–H groups in total. The van der Waals surface area contributed by atoms with Gasteiger partial charge in [-0.2, -0.15) is 0 Å². The number of hydrogen-bond acceptors (Lipinski definition) is 4. The van der Waals surface area contributed by atoms with Gasteiger partial charge in [0.1, 0.15) is 11.8 Å². The van der Waals surface area contributed by atoms with Crippen molar-refractivity contribution in [1.82, 2.24) is 15.0 Å². The van der Waals surface area contributed by atoms with Crippen LogP contribution in [0.15, 0.2) is 4.60 Å². The summed E-state index contributed by atoms with van der Waals surface area (Å²) in [4.78, 5) is 0. The lowest BCUT2D eigenvalue weighted by Crippen LogP contribution is -2.40. The highest BCUT2D eigenvalue weighted by Gasteiger charge is 2.41. The number of hydrogen-bond donors (Lipinski definition) is 2. The second kappa shape index (κ2) is 4.66. The molecule has 96 valence electrons. The van der Waals surface area contributed by atoms with Gasteiger partial charge in [-0.1, -0.05) is 12.1 Å². The summed E-state index contributed by atoms with van der Waals surface area (Å²) in [5, 5.41) is 28.6. The first-order valence-corrected chi connectivity index (χ1v) is 6.69. The summed E-state index contributed by atoms with van der Waals surface area (Å²) >= 11 is 3.25. The Balaban J connectivity index is 2.22. The summed E-state index contributed by atoms with van der Waals surface area (Å²) in [6.07, 6.45) is 2.18. The standard InChI is InChI=1S/C11H18BrN3O2/c1-7-3-5-11(17,6-4-7)9(16)8-10(12)13-14-15(8)2/h7,9,16-17H,3-6H2,1-2H3. The smallest absolute Gasteiger partial charge is 0.154 e. The molecule has 0 spiro atoms. The first-order chi connectivity index (χ1) is 7.94. The van der Waals surface area contributed by atoms with Crippen molar-refractivity contribution in [2.75, 3.05) is 0 Å². The van der Waals surface area contributed by atoms with Gasteiger partial charge in [-0.25, -0.2) is 4.68 Å². The third-order valence-corrected chi connectivity index (χ3v) is 4.30. The molecule has 6 heteroatoms. The molecule has 0 saturated heterocycles. The first-order valence-electron chi connectivity index (χ1n) is 5.89. The Kier molecular flexibility index (Phi) is 3.56. The minimum absolute atomic E-state index is 0.500. The third kappa shape index (κ3) is 2.39. The van der Waals surface area contributed by atoms with Crippen LogP contribution < -0.4 is 0 Å². The van der Waals surface area contributed by atoms with E-state index in [0.29, 0.717) is 29.1 Å². The van der Waals surface area contributed by atoms with Crippen LogP contribution in [-0.2, 0) is 7.05 Å². The van der Waals surface area contributed by atoms with Crippen molar-refractivity contribution < 1.29 is 10.2 Å². The molecule has 0 aliphatic heterocycles. The highest BCUT2D eigenvalue weighted by molar-refractivity contribution is 9.10. The minimum atomic E-state index is -1.05. The molecule has 0 radical (unpaired) electrons. The SMILES string of the molecule is CC1CCC(O)(C(O)c2c(Br)nnn2C)CC1. The van der Waals surface area contributed by atoms with Crippen molar-refractivity contribution in [3.8, 4) is 0 Å². The Labute approximate surface area is 109 Å². The van der Waals surface area contributed by atoms with Gasteiger partial charge in [-0.15, -0.1) is 5.10 Å². The summed E-state index contributed by atoms with van der Waals surface area (Å²) in [6.45, 7) is 2.17. The van der Waals surface area contributed by atoms with E-state index >= 15 is 0 Å². The summed E-state index contributed by atoms with van der Waals surface area (Å²) in [7, 11) is 1.71. The van der Waals surface area contributed by atoms with Crippen LogP contribution in [-0.4, -0.2) is 30.8 Å². The summed E-state index contributed by atoms with van der Waals surface area (Å²) < 4.78 is 2.00. The van der Waals surface area contributed by atoms with E-state index in [0.717, 1.165) is 12.8 Å². The molecule has 1 unspecified atom stereocenters. The number of aliphatic hydroxyl groups is 2. The van der Waals surface area contributed by atoms with Crippen molar-refractivity contribution in [2.24, 2.45) is 13.0 Å². The fourth-order valence-electron chi connectivity index (χ4n) is 2.42. The zero-order valence-corrected chi connectivity index (χ0v) is 11.7. The topological polar surface area (TPSA) is 71.2 Å². The van der Waals surface area contributed by atoms with Gasteiger partial charge in [-0.3, -0.25) is 0 Å². The van der Waals surface area contributed by atoms with Crippen LogP contribution in [0.1, 0.15) is 44.4 Å². The van der Waals surface area contributed by atoms with Crippen molar-refractivity contribution in [1.29, 1.82) is 0 Å². The molecule has 1 aromatic rings. The van der Waals surface area contributed by atoms with Crippen LogP contribution in [0.25, 0.3) is 0 Å². The largest absolute Gasteiger partial charge is 0.387 e. The number of aliphatic hydroxyl groups excluding tert-OH is 1. The van der Waals surface area contributed by atoms with Gasteiger partial charge in [0.15, 0.2) is 4.60 Å². The van der Waals surface area contributed by atoms with E-state index in [4.69, 9.17) is 0 Å². The van der Waals surface area contributed by atoms with E-state index in [1.807, 2.05) is 0 Å². The zero-order chi connectivity index (χ0) is 12.6. The maximum absolute atomic E-state index is 10.5. The number of aromatic nitrogens is 3. The Morgan fingerprint density at radius 3 is 2.53 bits per heavy atom. The van der Waals surface area contributed by atoms with Crippen LogP contribution in [0.3, 0.4) is 0 Å². The van der Waals surface area contributed by atoms with Crippen LogP contribution in [0, 0.1) is 5.92 Å². The number of aryl methyl sites for hydroxylation is 1. The molecule has 1 heterocycles. The molecule has 1 saturated carbocycles. The van der Waals surface area contributed by atoms with Crippen LogP contribution in [0.2, 0.25) is 0 Å². The van der Waals surface area contributed by atoms with Crippen molar-refractivity contribution in [2.45, 2.75) is 44.3 Å². The molecule has 1 aromatic heterocycles. The van der Waals surface area contributed by atoms with Crippen LogP contribution in [0.5, 0.6) is 0 Å². The number of rotatable bonds is 2. The van der Waals surface area contributed by atoms with E-state index in [1.54, 1.807) is 7.05 Å². The van der Waals surface area contributed by atoms with E-state index < -0.39 is 11.7 Å². The zero-order valence-electron chi connectivity index (χ0n) is 10.1. The van der Waals surface area contributed by atoms with Gasteiger partial charge >= 0.3 is 0 Å². The lowest BCUT2D eigenvalue weighted by molar-refractivity contribution is -0.108. The normalized spacial score (nSPS) is 31.5. The van der Waals surface area contributed by atoms with Gasteiger partial charge < -0.3 is 10.2 Å². The summed E-state index contributed by atoms with van der Waals surface area (Å²) in [6, 6.07) is 0. The van der Waals surface area contributed by atoms with E-state index in [2.05, 4.69) is 33.2 Å². The minimum Gasteiger partial charge on any atom is -0.387 e. The molecule has 0 amide bonds. The average molecular weight is 304 g/mol. The lowest BCUT2D eigenvalue weighted by atomic mass is 9.76. The van der Waals surface area contributed by atoms with Gasteiger partial charge in [0.25, 0.3) is 0 Å². The summed E-state index contributed by atoms with van der Waals surface area (Å²) in [5.41, 5.74) is -0.508.